The van der Waals surface area contributed by atoms with E-state index in [9.17, 15) is 0 Å². The Hall–Kier alpha value is -2.63. The number of anilines is 1. The summed E-state index contributed by atoms with van der Waals surface area (Å²) in [6.45, 7) is 1.04. The molecule has 0 saturated carbocycles. The van der Waals surface area contributed by atoms with Crippen molar-refractivity contribution in [1.29, 1.82) is 0 Å². The first kappa shape index (κ1) is 12.1. The number of benzene rings is 1. The molecular formula is C15H15N5O. The molecule has 1 aliphatic heterocycles. The van der Waals surface area contributed by atoms with Gasteiger partial charge in [-0.15, -0.1) is 0 Å². The van der Waals surface area contributed by atoms with Crippen LogP contribution in [0.3, 0.4) is 0 Å². The highest BCUT2D eigenvalue weighted by molar-refractivity contribution is 5.65. The van der Waals surface area contributed by atoms with E-state index < -0.39 is 0 Å². The fourth-order valence-electron chi connectivity index (χ4n) is 2.63. The molecular weight excluding hydrogens is 266 g/mol. The minimum absolute atomic E-state index is 0.541. The maximum atomic E-state index is 5.40. The van der Waals surface area contributed by atoms with Gasteiger partial charge in [0.25, 0.3) is 5.89 Å². The van der Waals surface area contributed by atoms with Crippen molar-refractivity contribution in [2.75, 3.05) is 11.9 Å². The molecule has 3 aromatic rings. The normalized spacial score (nSPS) is 13.8. The zero-order chi connectivity index (χ0) is 14.2. The maximum absolute atomic E-state index is 5.40. The van der Waals surface area contributed by atoms with Crippen molar-refractivity contribution in [2.24, 2.45) is 7.05 Å². The number of imidazole rings is 1. The van der Waals surface area contributed by atoms with Crippen LogP contribution >= 0.6 is 0 Å². The van der Waals surface area contributed by atoms with Crippen LogP contribution in [0.25, 0.3) is 23.0 Å². The number of aryl methyl sites for hydroxylation is 2. The Morgan fingerprint density at radius 2 is 2.29 bits per heavy atom. The number of hydrogen-bond acceptors (Lipinski definition) is 5. The molecule has 6 heteroatoms. The largest absolute Gasteiger partial charge is 0.385 e. The molecule has 4 rings (SSSR count). The molecule has 1 aliphatic rings. The lowest BCUT2D eigenvalue weighted by Gasteiger charge is -2.17. The maximum Gasteiger partial charge on any atom is 0.258 e. The molecule has 1 N–H and O–H groups in total. The minimum atomic E-state index is 0.541. The van der Waals surface area contributed by atoms with E-state index >= 15 is 0 Å². The molecule has 0 saturated heterocycles. The van der Waals surface area contributed by atoms with Crippen LogP contribution in [0.2, 0.25) is 0 Å². The van der Waals surface area contributed by atoms with Gasteiger partial charge in [-0.05, 0) is 36.6 Å². The number of nitrogens with one attached hydrogen (secondary N) is 1. The SMILES string of the molecule is Cn1cncc1-c1noc(-c2ccc3c(c2)CCCN3)n1. The van der Waals surface area contributed by atoms with Crippen molar-refractivity contribution < 1.29 is 4.52 Å². The lowest BCUT2D eigenvalue weighted by Crippen LogP contribution is -2.11. The second-order valence-electron chi connectivity index (χ2n) is 5.22. The Labute approximate surface area is 121 Å². The second-order valence-corrected chi connectivity index (χ2v) is 5.22. The average molecular weight is 281 g/mol. The van der Waals surface area contributed by atoms with Gasteiger partial charge in [-0.2, -0.15) is 4.98 Å². The lowest BCUT2D eigenvalue weighted by atomic mass is 10.0. The molecule has 0 aliphatic carbocycles. The molecule has 0 unspecified atom stereocenters. The van der Waals surface area contributed by atoms with E-state index in [0.29, 0.717) is 11.7 Å². The van der Waals surface area contributed by atoms with E-state index in [1.165, 1.54) is 11.3 Å². The van der Waals surface area contributed by atoms with Crippen molar-refractivity contribution in [3.8, 4) is 23.0 Å². The molecule has 0 fully saturated rings. The number of hydrogen-bond donors (Lipinski definition) is 1. The number of rotatable bonds is 2. The van der Waals surface area contributed by atoms with Crippen molar-refractivity contribution in [2.45, 2.75) is 12.8 Å². The van der Waals surface area contributed by atoms with Crippen LogP contribution < -0.4 is 5.32 Å². The molecule has 0 radical (unpaired) electrons. The highest BCUT2D eigenvalue weighted by Gasteiger charge is 2.15. The van der Waals surface area contributed by atoms with Crippen LogP contribution in [0.4, 0.5) is 5.69 Å². The van der Waals surface area contributed by atoms with Gasteiger partial charge in [0.2, 0.25) is 5.82 Å². The fraction of sp³-hybridized carbons (Fsp3) is 0.267. The molecule has 21 heavy (non-hydrogen) atoms. The molecule has 106 valence electrons. The summed E-state index contributed by atoms with van der Waals surface area (Å²) >= 11 is 0. The van der Waals surface area contributed by atoms with Crippen molar-refractivity contribution >= 4 is 5.69 Å². The van der Waals surface area contributed by atoms with Crippen molar-refractivity contribution in [1.82, 2.24) is 19.7 Å². The van der Waals surface area contributed by atoms with Gasteiger partial charge in [0, 0.05) is 24.8 Å². The quantitative estimate of drug-likeness (QED) is 0.781. The van der Waals surface area contributed by atoms with Crippen LogP contribution in [0, 0.1) is 0 Å². The molecule has 3 heterocycles. The molecule has 6 nitrogen and oxygen atoms in total. The molecule has 1 aromatic carbocycles. The van der Waals surface area contributed by atoms with Gasteiger partial charge < -0.3 is 14.4 Å². The Kier molecular flexibility index (Phi) is 2.73. The van der Waals surface area contributed by atoms with Crippen LogP contribution in [-0.2, 0) is 13.5 Å². The van der Waals surface area contributed by atoms with E-state index in [4.69, 9.17) is 4.52 Å². The summed E-state index contributed by atoms with van der Waals surface area (Å²) in [6.07, 6.45) is 5.68. The summed E-state index contributed by atoms with van der Waals surface area (Å²) in [5.74, 6) is 1.10. The van der Waals surface area contributed by atoms with E-state index in [2.05, 4.69) is 32.6 Å². The fourth-order valence-corrected chi connectivity index (χ4v) is 2.63. The third-order valence-corrected chi connectivity index (χ3v) is 3.76. The zero-order valence-corrected chi connectivity index (χ0v) is 11.7. The third kappa shape index (κ3) is 2.08. The van der Waals surface area contributed by atoms with E-state index in [-0.39, 0.29) is 0 Å². The number of fused-ring (bicyclic) bond motifs is 1. The highest BCUT2D eigenvalue weighted by Crippen LogP contribution is 2.28. The predicted octanol–water partition coefficient (Wildman–Crippen LogP) is 2.50. The summed E-state index contributed by atoms with van der Waals surface area (Å²) in [5.41, 5.74) is 4.30. The van der Waals surface area contributed by atoms with Gasteiger partial charge in [0.1, 0.15) is 5.69 Å². The summed E-state index contributed by atoms with van der Waals surface area (Å²) in [5, 5.41) is 7.44. The number of nitrogens with zero attached hydrogens (tertiary/aromatic N) is 4. The van der Waals surface area contributed by atoms with E-state index in [0.717, 1.165) is 30.6 Å². The van der Waals surface area contributed by atoms with Gasteiger partial charge >= 0.3 is 0 Å². The Morgan fingerprint density at radius 3 is 3.14 bits per heavy atom. The van der Waals surface area contributed by atoms with Gasteiger partial charge in [0.15, 0.2) is 0 Å². The van der Waals surface area contributed by atoms with Crippen LogP contribution in [-0.4, -0.2) is 26.2 Å². The van der Waals surface area contributed by atoms with Gasteiger partial charge in [-0.1, -0.05) is 5.16 Å². The molecule has 2 aromatic heterocycles. The minimum Gasteiger partial charge on any atom is -0.385 e. The molecule has 0 bridgehead atoms. The van der Waals surface area contributed by atoms with E-state index in [1.807, 2.05) is 17.7 Å². The van der Waals surface area contributed by atoms with Crippen LogP contribution in [0.5, 0.6) is 0 Å². The van der Waals surface area contributed by atoms with Gasteiger partial charge in [-0.25, -0.2) is 4.98 Å². The Bertz CT molecular complexity index is 789. The topological polar surface area (TPSA) is 68.8 Å². The molecule has 0 amide bonds. The summed E-state index contributed by atoms with van der Waals surface area (Å²) < 4.78 is 7.26. The van der Waals surface area contributed by atoms with Gasteiger partial charge in [-0.3, -0.25) is 0 Å². The summed E-state index contributed by atoms with van der Waals surface area (Å²) in [4.78, 5) is 8.54. The van der Waals surface area contributed by atoms with Gasteiger partial charge in [0.05, 0.1) is 12.5 Å². The monoisotopic (exact) mass is 281 g/mol. The van der Waals surface area contributed by atoms with Crippen molar-refractivity contribution in [3.05, 3.63) is 36.3 Å². The average Bonchev–Trinajstić information content (AvgIpc) is 3.15. The third-order valence-electron chi connectivity index (χ3n) is 3.76. The summed E-state index contributed by atoms with van der Waals surface area (Å²) in [6, 6.07) is 6.22. The highest BCUT2D eigenvalue weighted by atomic mass is 16.5. The van der Waals surface area contributed by atoms with Crippen LogP contribution in [0.15, 0.2) is 35.2 Å². The Balaban J connectivity index is 1.71. The number of aromatic nitrogens is 4. The van der Waals surface area contributed by atoms with Crippen molar-refractivity contribution in [3.63, 3.8) is 0 Å². The first-order valence-electron chi connectivity index (χ1n) is 6.99. The first-order valence-corrected chi connectivity index (χ1v) is 6.99. The predicted molar refractivity (Wildman–Crippen MR) is 78.7 cm³/mol. The smallest absolute Gasteiger partial charge is 0.258 e. The summed E-state index contributed by atoms with van der Waals surface area (Å²) in [7, 11) is 1.91. The zero-order valence-electron chi connectivity index (χ0n) is 11.7. The lowest BCUT2D eigenvalue weighted by molar-refractivity contribution is 0.432. The standard InChI is InChI=1S/C15H15N5O/c1-20-9-16-8-13(20)14-18-15(21-19-14)11-4-5-12-10(7-11)3-2-6-17-12/h4-5,7-9,17H,2-3,6H2,1H3. The first-order chi connectivity index (χ1) is 10.3. The Morgan fingerprint density at radius 1 is 1.33 bits per heavy atom. The molecule has 0 atom stereocenters. The second kappa shape index (κ2) is 4.73. The van der Waals surface area contributed by atoms with E-state index in [1.54, 1.807) is 12.5 Å². The van der Waals surface area contributed by atoms with Crippen LogP contribution in [0.1, 0.15) is 12.0 Å². The molecule has 0 spiro atoms.